The molecule has 1 N–H and O–H groups in total. The van der Waals surface area contributed by atoms with E-state index in [1.165, 1.54) is 47.8 Å². The second-order valence-corrected chi connectivity index (χ2v) is 7.46. The van der Waals surface area contributed by atoms with Crippen molar-refractivity contribution in [2.45, 2.75) is 37.0 Å². The Balaban J connectivity index is 1.70. The number of anilines is 2. The summed E-state index contributed by atoms with van der Waals surface area (Å²) in [6, 6.07) is 0. The first-order valence-electron chi connectivity index (χ1n) is 8.66. The highest BCUT2D eigenvalue weighted by Gasteiger charge is 2.25. The lowest BCUT2D eigenvalue weighted by atomic mass is 10.1. The minimum Gasteiger partial charge on any atom is -0.353 e. The molecule has 22 heavy (non-hydrogen) atoms. The Kier molecular flexibility index (Phi) is 4.39. The van der Waals surface area contributed by atoms with Gasteiger partial charge in [0.15, 0.2) is 0 Å². The average Bonchev–Trinajstić information content (AvgIpc) is 2.62. The molecule has 0 atom stereocenters. The summed E-state index contributed by atoms with van der Waals surface area (Å²) in [5.41, 5.74) is 1.29. The first-order chi connectivity index (χ1) is 10.9. The Hall–Kier alpha value is -1.01. The van der Waals surface area contributed by atoms with Gasteiger partial charge in [-0.3, -0.25) is 0 Å². The van der Waals surface area contributed by atoms with Crippen LogP contribution in [0.5, 0.6) is 0 Å². The average molecular weight is 319 g/mol. The van der Waals surface area contributed by atoms with Crippen LogP contribution in [0.4, 0.5) is 11.8 Å². The zero-order chi connectivity index (χ0) is 14.8. The van der Waals surface area contributed by atoms with Gasteiger partial charge < -0.3 is 15.1 Å². The third-order valence-electron chi connectivity index (χ3n) is 4.77. The van der Waals surface area contributed by atoms with Crippen LogP contribution in [0, 0.1) is 0 Å². The van der Waals surface area contributed by atoms with E-state index < -0.39 is 0 Å². The number of hydrogen-bond acceptors (Lipinski definition) is 6. The standard InChI is InChI=1S/C16H25N5S/c1-2-8-21(9-3-1)16-18-13-5-4-12-22-14(13)15(19-16)20-10-6-17-7-11-20/h17H,1-12H2. The summed E-state index contributed by atoms with van der Waals surface area (Å²) in [6.45, 7) is 6.47. The molecule has 3 aliphatic heterocycles. The minimum absolute atomic E-state index is 0.981. The molecule has 4 heterocycles. The predicted molar refractivity (Wildman–Crippen MR) is 92.2 cm³/mol. The molecule has 2 fully saturated rings. The van der Waals surface area contributed by atoms with E-state index in [0.29, 0.717) is 0 Å². The maximum atomic E-state index is 5.03. The molecule has 0 amide bonds. The fraction of sp³-hybridized carbons (Fsp3) is 0.750. The summed E-state index contributed by atoms with van der Waals surface area (Å²) >= 11 is 1.96. The molecule has 0 bridgehead atoms. The van der Waals surface area contributed by atoms with Crippen molar-refractivity contribution in [3.05, 3.63) is 5.69 Å². The molecule has 5 nitrogen and oxygen atoms in total. The highest BCUT2D eigenvalue weighted by atomic mass is 32.2. The Morgan fingerprint density at radius 2 is 1.68 bits per heavy atom. The number of nitrogens with zero attached hydrogens (tertiary/aromatic N) is 4. The molecule has 0 saturated carbocycles. The van der Waals surface area contributed by atoms with Crippen molar-refractivity contribution < 1.29 is 0 Å². The number of hydrogen-bond donors (Lipinski definition) is 1. The third-order valence-corrected chi connectivity index (χ3v) is 5.97. The van der Waals surface area contributed by atoms with Gasteiger partial charge in [0.2, 0.25) is 5.95 Å². The lowest BCUT2D eigenvalue weighted by Gasteiger charge is -2.33. The van der Waals surface area contributed by atoms with Gasteiger partial charge in [-0.2, -0.15) is 4.98 Å². The molecule has 4 rings (SSSR count). The number of fused-ring (bicyclic) bond motifs is 1. The lowest BCUT2D eigenvalue weighted by molar-refractivity contribution is 0.559. The van der Waals surface area contributed by atoms with Gasteiger partial charge in [-0.25, -0.2) is 4.98 Å². The molecule has 0 aromatic carbocycles. The summed E-state index contributed by atoms with van der Waals surface area (Å²) in [7, 11) is 0. The zero-order valence-corrected chi connectivity index (χ0v) is 14.0. The second-order valence-electron chi connectivity index (χ2n) is 6.36. The fourth-order valence-electron chi connectivity index (χ4n) is 3.53. The highest BCUT2D eigenvalue weighted by Crippen LogP contribution is 2.37. The van der Waals surface area contributed by atoms with Crippen molar-refractivity contribution in [1.82, 2.24) is 15.3 Å². The van der Waals surface area contributed by atoms with Gasteiger partial charge in [0, 0.05) is 39.3 Å². The Bertz CT molecular complexity index is 524. The van der Waals surface area contributed by atoms with Gasteiger partial charge in [0.25, 0.3) is 0 Å². The van der Waals surface area contributed by atoms with Crippen molar-refractivity contribution in [3.63, 3.8) is 0 Å². The predicted octanol–water partition coefficient (Wildman–Crippen LogP) is 1.91. The van der Waals surface area contributed by atoms with Crippen LogP contribution in [0.2, 0.25) is 0 Å². The van der Waals surface area contributed by atoms with E-state index in [-0.39, 0.29) is 0 Å². The topological polar surface area (TPSA) is 44.3 Å². The van der Waals surface area contributed by atoms with Crippen molar-refractivity contribution >= 4 is 23.5 Å². The van der Waals surface area contributed by atoms with Crippen LogP contribution >= 0.6 is 11.8 Å². The molecule has 2 saturated heterocycles. The first kappa shape index (κ1) is 14.6. The van der Waals surface area contributed by atoms with E-state index in [2.05, 4.69) is 15.1 Å². The Morgan fingerprint density at radius 3 is 2.50 bits per heavy atom. The van der Waals surface area contributed by atoms with Crippen LogP contribution in [-0.4, -0.2) is 55.0 Å². The molecule has 6 heteroatoms. The quantitative estimate of drug-likeness (QED) is 0.898. The Morgan fingerprint density at radius 1 is 0.864 bits per heavy atom. The summed E-state index contributed by atoms with van der Waals surface area (Å²) in [6.07, 6.45) is 6.26. The van der Waals surface area contributed by atoms with E-state index in [0.717, 1.165) is 51.6 Å². The first-order valence-corrected chi connectivity index (χ1v) is 9.65. The Labute approximate surface area is 136 Å². The maximum absolute atomic E-state index is 5.03. The number of rotatable bonds is 2. The van der Waals surface area contributed by atoms with Crippen LogP contribution in [-0.2, 0) is 6.42 Å². The maximum Gasteiger partial charge on any atom is 0.227 e. The van der Waals surface area contributed by atoms with Crippen LogP contribution in [0.25, 0.3) is 0 Å². The summed E-state index contributed by atoms with van der Waals surface area (Å²) in [5, 5.41) is 3.44. The van der Waals surface area contributed by atoms with E-state index in [1.807, 2.05) is 11.8 Å². The van der Waals surface area contributed by atoms with Crippen LogP contribution in [0.3, 0.4) is 0 Å². The third kappa shape index (κ3) is 2.91. The molecular formula is C16H25N5S. The van der Waals surface area contributed by atoms with Crippen molar-refractivity contribution in [2.75, 3.05) is 54.8 Å². The fourth-order valence-corrected chi connectivity index (χ4v) is 4.64. The van der Waals surface area contributed by atoms with E-state index in [4.69, 9.17) is 9.97 Å². The van der Waals surface area contributed by atoms with Crippen LogP contribution in [0.15, 0.2) is 4.90 Å². The van der Waals surface area contributed by atoms with E-state index >= 15 is 0 Å². The summed E-state index contributed by atoms with van der Waals surface area (Å²) in [5.74, 6) is 3.39. The van der Waals surface area contributed by atoms with Gasteiger partial charge in [-0.15, -0.1) is 11.8 Å². The van der Waals surface area contributed by atoms with Crippen molar-refractivity contribution in [1.29, 1.82) is 0 Å². The molecule has 0 unspecified atom stereocenters. The number of nitrogens with one attached hydrogen (secondary N) is 1. The lowest BCUT2D eigenvalue weighted by Crippen LogP contribution is -2.44. The molecule has 1 aromatic heterocycles. The summed E-state index contributed by atoms with van der Waals surface area (Å²) in [4.78, 5) is 16.2. The molecule has 0 aliphatic carbocycles. The highest BCUT2D eigenvalue weighted by molar-refractivity contribution is 7.99. The normalized spacial score (nSPS) is 22.5. The molecule has 0 radical (unpaired) electrons. The summed E-state index contributed by atoms with van der Waals surface area (Å²) < 4.78 is 0. The van der Waals surface area contributed by atoms with Gasteiger partial charge in [0.05, 0.1) is 10.6 Å². The number of aromatic nitrogens is 2. The number of thioether (sulfide) groups is 1. The number of piperidine rings is 1. The monoisotopic (exact) mass is 319 g/mol. The van der Waals surface area contributed by atoms with Crippen molar-refractivity contribution in [2.24, 2.45) is 0 Å². The van der Waals surface area contributed by atoms with Gasteiger partial charge in [-0.1, -0.05) is 0 Å². The SMILES string of the molecule is C1CCN(c2nc3c(c(N4CCNCC4)n2)SCCC3)CC1. The molecule has 3 aliphatic rings. The van der Waals surface area contributed by atoms with Crippen molar-refractivity contribution in [3.8, 4) is 0 Å². The number of piperazine rings is 1. The molecule has 0 spiro atoms. The zero-order valence-electron chi connectivity index (χ0n) is 13.2. The van der Waals surface area contributed by atoms with Gasteiger partial charge in [-0.05, 0) is 37.9 Å². The second kappa shape index (κ2) is 6.62. The van der Waals surface area contributed by atoms with Gasteiger partial charge >= 0.3 is 0 Å². The van der Waals surface area contributed by atoms with Crippen LogP contribution < -0.4 is 15.1 Å². The minimum atomic E-state index is 0.981. The molecule has 1 aromatic rings. The largest absolute Gasteiger partial charge is 0.353 e. The van der Waals surface area contributed by atoms with E-state index in [9.17, 15) is 0 Å². The molecular weight excluding hydrogens is 294 g/mol. The smallest absolute Gasteiger partial charge is 0.227 e. The molecule has 120 valence electrons. The van der Waals surface area contributed by atoms with E-state index in [1.54, 1.807) is 0 Å². The van der Waals surface area contributed by atoms with Crippen LogP contribution in [0.1, 0.15) is 31.4 Å². The van der Waals surface area contributed by atoms with Gasteiger partial charge in [0.1, 0.15) is 5.82 Å². The number of aryl methyl sites for hydroxylation is 1.